The summed E-state index contributed by atoms with van der Waals surface area (Å²) < 4.78 is 37.5. The second kappa shape index (κ2) is 7.63. The monoisotopic (exact) mass is 422 g/mol. The summed E-state index contributed by atoms with van der Waals surface area (Å²) in [5, 5.41) is 0. The van der Waals surface area contributed by atoms with Gasteiger partial charge in [-0.1, -0.05) is 26.0 Å². The van der Waals surface area contributed by atoms with Gasteiger partial charge in [-0.25, -0.2) is 0 Å². The van der Waals surface area contributed by atoms with Gasteiger partial charge in [-0.15, -0.1) is 0 Å². The van der Waals surface area contributed by atoms with Crippen LogP contribution in [-0.2, 0) is 9.59 Å². The van der Waals surface area contributed by atoms with E-state index in [0.717, 1.165) is 56.8 Å². The molecule has 2 fully saturated rings. The highest BCUT2D eigenvalue weighted by Crippen LogP contribution is 2.66. The average Bonchev–Trinajstić information content (AvgIpc) is 3.03. The third-order valence-electron chi connectivity index (χ3n) is 9.22. The second-order valence-electron chi connectivity index (χ2n) is 10.6. The lowest BCUT2D eigenvalue weighted by atomic mass is 9.47. The van der Waals surface area contributed by atoms with Crippen molar-refractivity contribution in [2.24, 2.45) is 34.5 Å². The van der Waals surface area contributed by atoms with E-state index in [4.69, 9.17) is 0 Å². The van der Waals surface area contributed by atoms with Crippen molar-refractivity contribution >= 4 is 12.1 Å². The standard InChI is InChI=1S/C25H33F3O2/c1-23-12-9-16(15-29)14-17(23)5-6-18-19-7-8-21(24(19,2)13-10-20(18)23)22(30)4-3-11-25(26,27)28/h5,14-15,18-21H,3-4,6-13H2,1-2H3/t18-,19-,20-,21+,23-,24-/m0/s1. The van der Waals surface area contributed by atoms with E-state index in [2.05, 4.69) is 26.0 Å². The Morgan fingerprint density at radius 2 is 1.93 bits per heavy atom. The number of rotatable bonds is 5. The summed E-state index contributed by atoms with van der Waals surface area (Å²) in [7, 11) is 0. The number of hydrogen-bond donors (Lipinski definition) is 0. The van der Waals surface area contributed by atoms with Crippen LogP contribution in [0.2, 0.25) is 0 Å². The summed E-state index contributed by atoms with van der Waals surface area (Å²) in [6.07, 6.45) is 7.09. The van der Waals surface area contributed by atoms with Gasteiger partial charge < -0.3 is 0 Å². The Morgan fingerprint density at radius 3 is 2.63 bits per heavy atom. The summed E-state index contributed by atoms with van der Waals surface area (Å²) in [6, 6.07) is 0. The first kappa shape index (κ1) is 21.8. The molecule has 4 rings (SSSR count). The molecule has 5 heteroatoms. The Balaban J connectivity index is 1.50. The minimum absolute atomic E-state index is 0.0529. The van der Waals surface area contributed by atoms with Crippen molar-refractivity contribution in [3.63, 3.8) is 0 Å². The number of allylic oxidation sites excluding steroid dienone is 4. The zero-order valence-electron chi connectivity index (χ0n) is 18.1. The molecule has 166 valence electrons. The van der Waals surface area contributed by atoms with Crippen LogP contribution in [0, 0.1) is 34.5 Å². The van der Waals surface area contributed by atoms with Gasteiger partial charge in [0.2, 0.25) is 0 Å². The van der Waals surface area contributed by atoms with Crippen molar-refractivity contribution in [1.82, 2.24) is 0 Å². The van der Waals surface area contributed by atoms with Crippen LogP contribution in [0.1, 0.15) is 78.1 Å². The Kier molecular flexibility index (Phi) is 5.55. The molecule has 0 unspecified atom stereocenters. The molecule has 4 aliphatic carbocycles. The number of hydrogen-bond acceptors (Lipinski definition) is 2. The van der Waals surface area contributed by atoms with Crippen molar-refractivity contribution in [2.45, 2.75) is 84.2 Å². The third kappa shape index (κ3) is 3.60. The molecule has 0 spiro atoms. The molecule has 4 aliphatic rings. The third-order valence-corrected chi connectivity index (χ3v) is 9.22. The lowest BCUT2D eigenvalue weighted by molar-refractivity contribution is -0.139. The first-order valence-corrected chi connectivity index (χ1v) is 11.5. The second-order valence-corrected chi connectivity index (χ2v) is 10.6. The van der Waals surface area contributed by atoms with Crippen molar-refractivity contribution in [1.29, 1.82) is 0 Å². The van der Waals surface area contributed by atoms with Gasteiger partial charge in [0, 0.05) is 18.8 Å². The van der Waals surface area contributed by atoms with E-state index in [1.54, 1.807) is 0 Å². The van der Waals surface area contributed by atoms with Gasteiger partial charge >= 0.3 is 6.18 Å². The molecule has 0 saturated heterocycles. The van der Waals surface area contributed by atoms with Gasteiger partial charge in [-0.05, 0) is 91.1 Å². The predicted octanol–water partition coefficient (Wildman–Crippen LogP) is 6.60. The maximum Gasteiger partial charge on any atom is 0.389 e. The fraction of sp³-hybridized carbons (Fsp3) is 0.760. The molecule has 0 aromatic carbocycles. The summed E-state index contributed by atoms with van der Waals surface area (Å²) in [5.41, 5.74) is 2.24. The highest BCUT2D eigenvalue weighted by molar-refractivity contribution is 5.82. The Labute approximate surface area is 177 Å². The van der Waals surface area contributed by atoms with Crippen LogP contribution >= 0.6 is 0 Å². The van der Waals surface area contributed by atoms with Crippen LogP contribution in [0.25, 0.3) is 0 Å². The van der Waals surface area contributed by atoms with E-state index in [1.807, 2.05) is 0 Å². The summed E-state index contributed by atoms with van der Waals surface area (Å²) in [6.45, 7) is 4.59. The highest BCUT2D eigenvalue weighted by atomic mass is 19.4. The molecule has 2 nitrogen and oxygen atoms in total. The lowest BCUT2D eigenvalue weighted by Crippen LogP contribution is -2.50. The molecule has 0 aliphatic heterocycles. The molecule has 2 saturated carbocycles. The van der Waals surface area contributed by atoms with E-state index < -0.39 is 12.6 Å². The summed E-state index contributed by atoms with van der Waals surface area (Å²) in [4.78, 5) is 24.1. The molecular weight excluding hydrogens is 389 g/mol. The van der Waals surface area contributed by atoms with Crippen molar-refractivity contribution in [2.75, 3.05) is 0 Å². The topological polar surface area (TPSA) is 34.1 Å². The minimum Gasteiger partial charge on any atom is -0.299 e. The highest BCUT2D eigenvalue weighted by Gasteiger charge is 2.59. The molecule has 0 heterocycles. The molecular formula is C25H33F3O2. The molecule has 0 amide bonds. The quantitative estimate of drug-likeness (QED) is 0.468. The maximum absolute atomic E-state index is 12.9. The number of aldehydes is 1. The number of Topliss-reactive ketones (excluding diaryl/α,β-unsaturated/α-hetero) is 1. The fourth-order valence-electron chi connectivity index (χ4n) is 7.61. The molecule has 0 radical (unpaired) electrons. The van der Waals surface area contributed by atoms with Crippen molar-refractivity contribution in [3.8, 4) is 0 Å². The Morgan fingerprint density at radius 1 is 1.17 bits per heavy atom. The van der Waals surface area contributed by atoms with Crippen LogP contribution in [0.4, 0.5) is 13.2 Å². The smallest absolute Gasteiger partial charge is 0.299 e. The van der Waals surface area contributed by atoms with Crippen LogP contribution in [0.15, 0.2) is 23.3 Å². The molecule has 0 N–H and O–H groups in total. The van der Waals surface area contributed by atoms with Gasteiger partial charge in [-0.2, -0.15) is 13.2 Å². The normalized spacial score (nSPS) is 40.6. The molecule has 30 heavy (non-hydrogen) atoms. The van der Waals surface area contributed by atoms with Gasteiger partial charge in [0.25, 0.3) is 0 Å². The number of alkyl halides is 3. The van der Waals surface area contributed by atoms with E-state index in [1.165, 1.54) is 5.57 Å². The van der Waals surface area contributed by atoms with Gasteiger partial charge in [-0.3, -0.25) is 9.59 Å². The van der Waals surface area contributed by atoms with E-state index in [-0.39, 0.29) is 35.4 Å². The van der Waals surface area contributed by atoms with E-state index in [0.29, 0.717) is 17.8 Å². The largest absolute Gasteiger partial charge is 0.389 e. The number of halogens is 3. The Hall–Kier alpha value is -1.39. The van der Waals surface area contributed by atoms with Gasteiger partial charge in [0.1, 0.15) is 12.1 Å². The molecule has 0 aromatic rings. The number of carbonyl (C=O) groups is 2. The SMILES string of the molecule is C[C@]12CC[C@H]3[C@@H](CC=C4C=C(C=O)CC[C@@]43C)[C@@H]1CC[C@@H]2C(=O)CCCC(F)(F)F. The van der Waals surface area contributed by atoms with Crippen molar-refractivity contribution in [3.05, 3.63) is 23.3 Å². The molecule has 0 aromatic heterocycles. The number of carbonyl (C=O) groups excluding carboxylic acids is 2. The molecule has 6 atom stereocenters. The first-order chi connectivity index (χ1) is 14.1. The average molecular weight is 423 g/mol. The number of fused-ring (bicyclic) bond motifs is 5. The zero-order chi connectivity index (χ0) is 21.7. The number of ketones is 1. The minimum atomic E-state index is -4.18. The lowest BCUT2D eigenvalue weighted by Gasteiger charge is -2.57. The maximum atomic E-state index is 12.9. The zero-order valence-corrected chi connectivity index (χ0v) is 18.1. The fourth-order valence-corrected chi connectivity index (χ4v) is 7.61. The predicted molar refractivity (Wildman–Crippen MR) is 110 cm³/mol. The summed E-state index contributed by atoms with van der Waals surface area (Å²) in [5.74, 6) is 1.55. The molecule has 0 bridgehead atoms. The van der Waals surface area contributed by atoms with E-state index >= 15 is 0 Å². The Bertz CT molecular complexity index is 780. The first-order valence-electron chi connectivity index (χ1n) is 11.5. The van der Waals surface area contributed by atoms with Gasteiger partial charge in [0.15, 0.2) is 0 Å². The van der Waals surface area contributed by atoms with Crippen LogP contribution in [-0.4, -0.2) is 18.2 Å². The van der Waals surface area contributed by atoms with Crippen LogP contribution < -0.4 is 0 Å². The van der Waals surface area contributed by atoms with Crippen LogP contribution in [0.5, 0.6) is 0 Å². The van der Waals surface area contributed by atoms with Crippen molar-refractivity contribution < 1.29 is 22.8 Å². The van der Waals surface area contributed by atoms with E-state index in [9.17, 15) is 22.8 Å². The van der Waals surface area contributed by atoms with Crippen LogP contribution in [0.3, 0.4) is 0 Å². The van der Waals surface area contributed by atoms with Gasteiger partial charge in [0.05, 0.1) is 0 Å². The summed E-state index contributed by atoms with van der Waals surface area (Å²) >= 11 is 0.